The van der Waals surface area contributed by atoms with Crippen LogP contribution in [0.25, 0.3) is 0 Å². The summed E-state index contributed by atoms with van der Waals surface area (Å²) in [5.74, 6) is -0.0837. The molecule has 3 rings (SSSR count). The summed E-state index contributed by atoms with van der Waals surface area (Å²) in [5.41, 5.74) is 2.63. The van der Waals surface area contributed by atoms with Crippen LogP contribution in [0.4, 0.5) is 0 Å². The van der Waals surface area contributed by atoms with Gasteiger partial charge < -0.3 is 15.0 Å². The van der Waals surface area contributed by atoms with Crippen molar-refractivity contribution in [2.45, 2.75) is 25.6 Å². The average Bonchev–Trinajstić information content (AvgIpc) is 2.95. The van der Waals surface area contributed by atoms with Crippen molar-refractivity contribution in [3.63, 3.8) is 0 Å². The molecule has 130 valence electrons. The second-order valence-corrected chi connectivity index (χ2v) is 6.27. The molecular weight excluding hydrogens is 316 g/mol. The molecule has 0 saturated carbocycles. The van der Waals surface area contributed by atoms with Crippen molar-refractivity contribution in [2.24, 2.45) is 0 Å². The van der Waals surface area contributed by atoms with Crippen LogP contribution in [0, 0.1) is 0 Å². The van der Waals surface area contributed by atoms with Crippen molar-refractivity contribution < 1.29 is 14.3 Å². The largest absolute Gasteiger partial charge is 0.380 e. The van der Waals surface area contributed by atoms with Gasteiger partial charge in [0.1, 0.15) is 0 Å². The van der Waals surface area contributed by atoms with Crippen molar-refractivity contribution in [3.05, 3.63) is 71.3 Å². The first kappa shape index (κ1) is 17.2. The Hall–Kier alpha value is -2.66. The maximum atomic E-state index is 12.4. The highest BCUT2D eigenvalue weighted by Crippen LogP contribution is 2.16. The van der Waals surface area contributed by atoms with Gasteiger partial charge in [-0.15, -0.1) is 0 Å². The van der Waals surface area contributed by atoms with Gasteiger partial charge in [-0.05, 0) is 23.3 Å². The second kappa shape index (κ2) is 7.94. The van der Waals surface area contributed by atoms with E-state index in [1.165, 1.54) is 0 Å². The van der Waals surface area contributed by atoms with Gasteiger partial charge in [0.15, 0.2) is 0 Å². The number of hydrogen-bond donors (Lipinski definition) is 1. The standard InChI is InChI=1S/C20H22N2O3/c1-25-14-16-8-5-9-17(10-16)20(24)21-18-11-19(23)22(13-18)12-15-6-3-2-4-7-15/h2-10,18H,11-14H2,1H3,(H,21,24). The summed E-state index contributed by atoms with van der Waals surface area (Å²) in [6.45, 7) is 1.58. The number of methoxy groups -OCH3 is 1. The van der Waals surface area contributed by atoms with E-state index >= 15 is 0 Å². The zero-order chi connectivity index (χ0) is 17.6. The topological polar surface area (TPSA) is 58.6 Å². The van der Waals surface area contributed by atoms with Crippen LogP contribution in [-0.2, 0) is 22.7 Å². The maximum Gasteiger partial charge on any atom is 0.251 e. The van der Waals surface area contributed by atoms with E-state index in [2.05, 4.69) is 5.32 Å². The Morgan fingerprint density at radius 1 is 1.16 bits per heavy atom. The summed E-state index contributed by atoms with van der Waals surface area (Å²) in [6.07, 6.45) is 0.344. The number of ether oxygens (including phenoxy) is 1. The molecule has 1 N–H and O–H groups in total. The molecule has 1 saturated heterocycles. The minimum Gasteiger partial charge on any atom is -0.380 e. The predicted molar refractivity (Wildman–Crippen MR) is 94.9 cm³/mol. The normalized spacial score (nSPS) is 16.9. The van der Waals surface area contributed by atoms with Gasteiger partial charge in [-0.2, -0.15) is 0 Å². The van der Waals surface area contributed by atoms with Crippen molar-refractivity contribution in [3.8, 4) is 0 Å². The highest BCUT2D eigenvalue weighted by Gasteiger charge is 2.30. The number of benzene rings is 2. The van der Waals surface area contributed by atoms with Crippen LogP contribution in [0.2, 0.25) is 0 Å². The molecule has 0 aliphatic carbocycles. The molecule has 1 unspecified atom stereocenters. The molecule has 25 heavy (non-hydrogen) atoms. The molecule has 1 aliphatic heterocycles. The number of likely N-dealkylation sites (tertiary alicyclic amines) is 1. The minimum absolute atomic E-state index is 0.0716. The van der Waals surface area contributed by atoms with Gasteiger partial charge in [-0.1, -0.05) is 42.5 Å². The summed E-state index contributed by atoms with van der Waals surface area (Å²) in [4.78, 5) is 26.4. The van der Waals surface area contributed by atoms with E-state index in [1.807, 2.05) is 48.5 Å². The Labute approximate surface area is 147 Å². The van der Waals surface area contributed by atoms with Gasteiger partial charge in [0.2, 0.25) is 5.91 Å². The zero-order valence-electron chi connectivity index (χ0n) is 14.3. The number of amides is 2. The molecule has 5 nitrogen and oxygen atoms in total. The van der Waals surface area contributed by atoms with Gasteiger partial charge in [0, 0.05) is 32.2 Å². The summed E-state index contributed by atoms with van der Waals surface area (Å²) < 4.78 is 5.10. The third-order valence-electron chi connectivity index (χ3n) is 4.27. The lowest BCUT2D eigenvalue weighted by atomic mass is 10.1. The van der Waals surface area contributed by atoms with Gasteiger partial charge in [-0.3, -0.25) is 9.59 Å². The SMILES string of the molecule is COCc1cccc(C(=O)NC2CC(=O)N(Cc3ccccc3)C2)c1. The number of rotatable bonds is 6. The number of carbonyl (C=O) groups is 2. The lowest BCUT2D eigenvalue weighted by molar-refractivity contribution is -0.128. The fourth-order valence-corrected chi connectivity index (χ4v) is 3.06. The number of nitrogens with zero attached hydrogens (tertiary/aromatic N) is 1. The fraction of sp³-hybridized carbons (Fsp3) is 0.300. The highest BCUT2D eigenvalue weighted by atomic mass is 16.5. The molecule has 1 heterocycles. The van der Waals surface area contributed by atoms with Crippen LogP contribution in [0.5, 0.6) is 0 Å². The number of carbonyl (C=O) groups excluding carboxylic acids is 2. The Balaban J connectivity index is 1.59. The Bertz CT molecular complexity index is 746. The Kier molecular flexibility index (Phi) is 5.46. The molecule has 0 aromatic heterocycles. The molecule has 0 bridgehead atoms. The molecule has 1 fully saturated rings. The van der Waals surface area contributed by atoms with Crippen LogP contribution in [-0.4, -0.2) is 36.4 Å². The van der Waals surface area contributed by atoms with Gasteiger partial charge in [0.25, 0.3) is 5.91 Å². The molecule has 0 radical (unpaired) electrons. The van der Waals surface area contributed by atoms with E-state index in [4.69, 9.17) is 4.74 Å². The van der Waals surface area contributed by atoms with E-state index in [1.54, 1.807) is 18.1 Å². The summed E-state index contributed by atoms with van der Waals surface area (Å²) in [7, 11) is 1.62. The number of nitrogens with one attached hydrogen (secondary N) is 1. The Morgan fingerprint density at radius 3 is 2.68 bits per heavy atom. The first-order valence-electron chi connectivity index (χ1n) is 8.36. The van der Waals surface area contributed by atoms with Gasteiger partial charge in [-0.25, -0.2) is 0 Å². The van der Waals surface area contributed by atoms with Crippen molar-refractivity contribution >= 4 is 11.8 Å². The zero-order valence-corrected chi connectivity index (χ0v) is 14.3. The van der Waals surface area contributed by atoms with Crippen LogP contribution in [0.3, 0.4) is 0 Å². The minimum atomic E-state index is -0.158. The van der Waals surface area contributed by atoms with Crippen molar-refractivity contribution in [1.29, 1.82) is 0 Å². The van der Waals surface area contributed by atoms with Gasteiger partial charge >= 0.3 is 0 Å². The predicted octanol–water partition coefficient (Wildman–Crippen LogP) is 2.36. The summed E-state index contributed by atoms with van der Waals surface area (Å²) >= 11 is 0. The lowest BCUT2D eigenvalue weighted by Crippen LogP contribution is -2.37. The molecule has 0 spiro atoms. The van der Waals surface area contributed by atoms with Crippen LogP contribution in [0.15, 0.2) is 54.6 Å². The summed E-state index contributed by atoms with van der Waals surface area (Å²) in [5, 5.41) is 2.97. The maximum absolute atomic E-state index is 12.4. The van der Waals surface area contributed by atoms with Crippen LogP contribution < -0.4 is 5.32 Å². The number of hydrogen-bond acceptors (Lipinski definition) is 3. The first-order valence-corrected chi connectivity index (χ1v) is 8.36. The smallest absolute Gasteiger partial charge is 0.251 e. The van der Waals surface area contributed by atoms with E-state index in [-0.39, 0.29) is 17.9 Å². The molecule has 5 heteroatoms. The average molecular weight is 338 g/mol. The van der Waals surface area contributed by atoms with E-state index < -0.39 is 0 Å². The quantitative estimate of drug-likeness (QED) is 0.880. The second-order valence-electron chi connectivity index (χ2n) is 6.27. The Morgan fingerprint density at radius 2 is 1.92 bits per heavy atom. The van der Waals surface area contributed by atoms with E-state index in [0.29, 0.717) is 31.7 Å². The van der Waals surface area contributed by atoms with E-state index in [0.717, 1.165) is 11.1 Å². The van der Waals surface area contributed by atoms with Gasteiger partial charge in [0.05, 0.1) is 12.6 Å². The monoisotopic (exact) mass is 338 g/mol. The van der Waals surface area contributed by atoms with Crippen LogP contribution in [0.1, 0.15) is 27.9 Å². The third kappa shape index (κ3) is 4.45. The fourth-order valence-electron chi connectivity index (χ4n) is 3.06. The van der Waals surface area contributed by atoms with Crippen molar-refractivity contribution in [2.75, 3.05) is 13.7 Å². The molecule has 2 amide bonds. The molecule has 2 aromatic carbocycles. The summed E-state index contributed by atoms with van der Waals surface area (Å²) in [6, 6.07) is 17.1. The molecule has 1 atom stereocenters. The third-order valence-corrected chi connectivity index (χ3v) is 4.27. The van der Waals surface area contributed by atoms with Crippen molar-refractivity contribution in [1.82, 2.24) is 10.2 Å². The lowest BCUT2D eigenvalue weighted by Gasteiger charge is -2.17. The molecule has 2 aromatic rings. The highest BCUT2D eigenvalue weighted by molar-refractivity contribution is 5.95. The molecular formula is C20H22N2O3. The molecule has 1 aliphatic rings. The van der Waals surface area contributed by atoms with Crippen LogP contribution >= 0.6 is 0 Å². The first-order chi connectivity index (χ1) is 12.2. The van der Waals surface area contributed by atoms with E-state index in [9.17, 15) is 9.59 Å².